The Kier molecular flexibility index (Phi) is 2.53. The van der Waals surface area contributed by atoms with E-state index < -0.39 is 0 Å². The summed E-state index contributed by atoms with van der Waals surface area (Å²) in [5.41, 5.74) is 5.84. The lowest BCUT2D eigenvalue weighted by atomic mass is 9.48. The van der Waals surface area contributed by atoms with E-state index >= 15 is 0 Å². The van der Waals surface area contributed by atoms with Gasteiger partial charge in [-0.25, -0.2) is 0 Å². The summed E-state index contributed by atoms with van der Waals surface area (Å²) in [5.74, 6) is 0. The lowest BCUT2D eigenvalue weighted by Crippen LogP contribution is -2.28. The molecule has 2 rings (SSSR count). The van der Waals surface area contributed by atoms with Crippen LogP contribution < -0.4 is 10.8 Å². The van der Waals surface area contributed by atoms with E-state index in [4.69, 9.17) is 0 Å². The van der Waals surface area contributed by atoms with E-state index in [0.29, 0.717) is 6.71 Å². The standard InChI is InChI=1S/C12H18BN/c1-9-11(13(2)3)7-6-10-5-4-8-14-12(9)10/h6-7,14H,4-5,8H2,1-3H3. The molecule has 0 bridgehead atoms. The molecule has 0 unspecified atom stereocenters. The number of fused-ring (bicyclic) bond motifs is 1. The highest BCUT2D eigenvalue weighted by molar-refractivity contribution is 6.71. The minimum Gasteiger partial charge on any atom is -0.385 e. The lowest BCUT2D eigenvalue weighted by Gasteiger charge is -2.22. The van der Waals surface area contributed by atoms with Crippen LogP contribution in [0, 0.1) is 6.92 Å². The molecule has 0 aromatic heterocycles. The summed E-state index contributed by atoms with van der Waals surface area (Å²) in [6, 6.07) is 4.59. The van der Waals surface area contributed by atoms with Crippen molar-refractivity contribution in [3.05, 3.63) is 23.3 Å². The van der Waals surface area contributed by atoms with Gasteiger partial charge in [0.25, 0.3) is 0 Å². The molecule has 0 amide bonds. The average molecular weight is 187 g/mol. The molecular formula is C12H18BN. The summed E-state index contributed by atoms with van der Waals surface area (Å²) in [6.45, 7) is 8.53. The normalized spacial score (nSPS) is 14.5. The maximum Gasteiger partial charge on any atom is 0.170 e. The number of aryl methyl sites for hydroxylation is 1. The van der Waals surface area contributed by atoms with E-state index in [1.165, 1.54) is 35.1 Å². The smallest absolute Gasteiger partial charge is 0.170 e. The molecule has 1 heterocycles. The quantitative estimate of drug-likeness (QED) is 0.665. The summed E-state index contributed by atoms with van der Waals surface area (Å²) >= 11 is 0. The third kappa shape index (κ3) is 1.54. The van der Waals surface area contributed by atoms with Crippen LogP contribution in [0.5, 0.6) is 0 Å². The van der Waals surface area contributed by atoms with Crippen molar-refractivity contribution in [3.8, 4) is 0 Å². The van der Waals surface area contributed by atoms with E-state index in [1.807, 2.05) is 0 Å². The van der Waals surface area contributed by atoms with Gasteiger partial charge in [-0.15, -0.1) is 0 Å². The molecule has 0 spiro atoms. The Balaban J connectivity index is 2.49. The molecule has 14 heavy (non-hydrogen) atoms. The van der Waals surface area contributed by atoms with Crippen molar-refractivity contribution in [2.24, 2.45) is 0 Å². The second-order valence-electron chi connectivity index (χ2n) is 4.50. The van der Waals surface area contributed by atoms with Gasteiger partial charge in [-0.05, 0) is 30.9 Å². The van der Waals surface area contributed by atoms with Gasteiger partial charge in [-0.1, -0.05) is 31.2 Å². The molecule has 0 aliphatic carbocycles. The average Bonchev–Trinajstić information content (AvgIpc) is 2.18. The molecule has 2 heteroatoms. The van der Waals surface area contributed by atoms with Gasteiger partial charge in [0.1, 0.15) is 0 Å². The first-order chi connectivity index (χ1) is 6.70. The Morgan fingerprint density at radius 3 is 2.79 bits per heavy atom. The number of hydrogen-bond donors (Lipinski definition) is 1. The van der Waals surface area contributed by atoms with Gasteiger partial charge in [0.2, 0.25) is 0 Å². The molecule has 0 fully saturated rings. The second-order valence-corrected chi connectivity index (χ2v) is 4.50. The molecule has 0 radical (unpaired) electrons. The summed E-state index contributed by atoms with van der Waals surface area (Å²) in [4.78, 5) is 0. The Morgan fingerprint density at radius 2 is 2.07 bits per heavy atom. The van der Waals surface area contributed by atoms with Crippen molar-refractivity contribution in [1.29, 1.82) is 0 Å². The van der Waals surface area contributed by atoms with E-state index in [-0.39, 0.29) is 0 Å². The number of benzene rings is 1. The maximum atomic E-state index is 3.53. The van der Waals surface area contributed by atoms with Crippen LogP contribution >= 0.6 is 0 Å². The van der Waals surface area contributed by atoms with Gasteiger partial charge in [0, 0.05) is 12.2 Å². The van der Waals surface area contributed by atoms with Crippen LogP contribution in [0.1, 0.15) is 17.5 Å². The van der Waals surface area contributed by atoms with Crippen molar-refractivity contribution in [1.82, 2.24) is 0 Å². The highest BCUT2D eigenvalue weighted by Gasteiger charge is 2.15. The summed E-state index contributed by atoms with van der Waals surface area (Å²) in [6.07, 6.45) is 2.51. The Morgan fingerprint density at radius 1 is 1.29 bits per heavy atom. The lowest BCUT2D eigenvalue weighted by molar-refractivity contribution is 0.828. The molecule has 0 saturated heterocycles. The van der Waals surface area contributed by atoms with Crippen molar-refractivity contribution >= 4 is 17.9 Å². The molecule has 1 aliphatic rings. The summed E-state index contributed by atoms with van der Waals surface area (Å²) in [5, 5.41) is 3.53. The number of nitrogens with one attached hydrogen (secondary N) is 1. The Labute approximate surface area is 87.0 Å². The van der Waals surface area contributed by atoms with E-state index in [9.17, 15) is 0 Å². The fourth-order valence-electron chi connectivity index (χ4n) is 2.36. The first-order valence-electron chi connectivity index (χ1n) is 5.56. The SMILES string of the molecule is CB(C)c1ccc2c(c1C)NCCC2. The van der Waals surface area contributed by atoms with Gasteiger partial charge in [0.05, 0.1) is 0 Å². The largest absolute Gasteiger partial charge is 0.385 e. The number of anilines is 1. The van der Waals surface area contributed by atoms with Gasteiger partial charge < -0.3 is 5.32 Å². The van der Waals surface area contributed by atoms with Gasteiger partial charge >= 0.3 is 0 Å². The fraction of sp³-hybridized carbons (Fsp3) is 0.500. The van der Waals surface area contributed by atoms with Crippen molar-refractivity contribution in [3.63, 3.8) is 0 Å². The minimum absolute atomic E-state index is 0.629. The first-order valence-corrected chi connectivity index (χ1v) is 5.56. The van der Waals surface area contributed by atoms with Crippen LogP contribution in [-0.4, -0.2) is 13.3 Å². The predicted molar refractivity (Wildman–Crippen MR) is 65.1 cm³/mol. The predicted octanol–water partition coefficient (Wildman–Crippen LogP) is 2.31. The van der Waals surface area contributed by atoms with E-state index in [0.717, 1.165) is 6.54 Å². The molecule has 1 aliphatic heterocycles. The third-order valence-electron chi connectivity index (χ3n) is 3.14. The van der Waals surface area contributed by atoms with Crippen molar-refractivity contribution in [2.75, 3.05) is 11.9 Å². The topological polar surface area (TPSA) is 12.0 Å². The van der Waals surface area contributed by atoms with Crippen LogP contribution in [-0.2, 0) is 6.42 Å². The molecule has 1 N–H and O–H groups in total. The Bertz CT molecular complexity index is 344. The van der Waals surface area contributed by atoms with Crippen LogP contribution in [0.2, 0.25) is 13.6 Å². The van der Waals surface area contributed by atoms with E-state index in [1.54, 1.807) is 0 Å². The number of rotatable bonds is 1. The molecule has 1 aromatic carbocycles. The van der Waals surface area contributed by atoms with Crippen molar-refractivity contribution in [2.45, 2.75) is 33.4 Å². The minimum atomic E-state index is 0.629. The van der Waals surface area contributed by atoms with Gasteiger partial charge in [-0.2, -0.15) is 0 Å². The van der Waals surface area contributed by atoms with Gasteiger partial charge in [0.15, 0.2) is 6.71 Å². The third-order valence-corrected chi connectivity index (χ3v) is 3.14. The summed E-state index contributed by atoms with van der Waals surface area (Å²) in [7, 11) is 0. The monoisotopic (exact) mass is 187 g/mol. The van der Waals surface area contributed by atoms with Crippen LogP contribution in [0.4, 0.5) is 5.69 Å². The van der Waals surface area contributed by atoms with Gasteiger partial charge in [-0.3, -0.25) is 0 Å². The highest BCUT2D eigenvalue weighted by atomic mass is 14.9. The van der Waals surface area contributed by atoms with Crippen LogP contribution in [0.3, 0.4) is 0 Å². The maximum absolute atomic E-state index is 3.53. The molecule has 0 atom stereocenters. The zero-order valence-corrected chi connectivity index (χ0v) is 9.35. The number of hydrogen-bond acceptors (Lipinski definition) is 1. The summed E-state index contributed by atoms with van der Waals surface area (Å²) < 4.78 is 0. The first kappa shape index (κ1) is 9.63. The van der Waals surface area contributed by atoms with E-state index in [2.05, 4.69) is 38.0 Å². The highest BCUT2D eigenvalue weighted by Crippen LogP contribution is 2.24. The second kappa shape index (κ2) is 3.68. The fourth-order valence-corrected chi connectivity index (χ4v) is 2.36. The zero-order valence-electron chi connectivity index (χ0n) is 9.35. The molecule has 1 aromatic rings. The Hall–Kier alpha value is -0.915. The molecule has 1 nitrogen and oxygen atoms in total. The molecule has 0 saturated carbocycles. The van der Waals surface area contributed by atoms with Crippen molar-refractivity contribution < 1.29 is 0 Å². The molecule has 74 valence electrons. The molecular weight excluding hydrogens is 169 g/mol. The van der Waals surface area contributed by atoms with Crippen LogP contribution in [0.15, 0.2) is 12.1 Å². The van der Waals surface area contributed by atoms with Crippen LogP contribution in [0.25, 0.3) is 0 Å². The zero-order chi connectivity index (χ0) is 10.1.